The fraction of sp³-hybridized carbons (Fsp3) is 0.320. The Labute approximate surface area is 183 Å². The number of ether oxygens (including phenoxy) is 1. The van der Waals surface area contributed by atoms with Crippen LogP contribution < -0.4 is 10.1 Å². The average Bonchev–Trinajstić information content (AvgIpc) is 2.84. The Hall–Kier alpha value is -3.25. The van der Waals surface area contributed by atoms with Crippen molar-refractivity contribution in [3.8, 4) is 5.75 Å². The van der Waals surface area contributed by atoms with E-state index in [0.717, 1.165) is 43.9 Å². The molecule has 160 valence electrons. The summed E-state index contributed by atoms with van der Waals surface area (Å²) in [6, 6.07) is 19.2. The summed E-state index contributed by atoms with van der Waals surface area (Å²) in [6.45, 7) is 2.73. The number of nitrogens with one attached hydrogen (secondary N) is 1. The summed E-state index contributed by atoms with van der Waals surface area (Å²) in [7, 11) is 1.71. The summed E-state index contributed by atoms with van der Waals surface area (Å²) in [6.07, 6.45) is 5.53. The third-order valence-electron chi connectivity index (χ3n) is 5.79. The van der Waals surface area contributed by atoms with Gasteiger partial charge >= 0.3 is 0 Å². The van der Waals surface area contributed by atoms with Gasteiger partial charge in [-0.15, -0.1) is 0 Å². The number of likely N-dealkylation sites (tertiary alicyclic amines) is 1. The van der Waals surface area contributed by atoms with Crippen molar-refractivity contribution in [3.05, 3.63) is 90.0 Å². The summed E-state index contributed by atoms with van der Waals surface area (Å²) in [5.74, 6) is 0.999. The Morgan fingerprint density at radius 3 is 2.61 bits per heavy atom. The molecule has 6 heteroatoms. The molecule has 31 heavy (non-hydrogen) atoms. The maximum atomic E-state index is 12.9. The monoisotopic (exact) mass is 416 g/mol. The number of aromatic nitrogens is 2. The molecule has 1 aromatic carbocycles. The lowest BCUT2D eigenvalue weighted by Gasteiger charge is -2.37. The molecule has 1 amide bonds. The summed E-state index contributed by atoms with van der Waals surface area (Å²) >= 11 is 0. The molecule has 1 aliphatic heterocycles. The number of benzene rings is 1. The third-order valence-corrected chi connectivity index (χ3v) is 5.79. The van der Waals surface area contributed by atoms with E-state index in [1.165, 1.54) is 5.56 Å². The van der Waals surface area contributed by atoms with Crippen LogP contribution in [-0.4, -0.2) is 41.0 Å². The number of piperidine rings is 1. The van der Waals surface area contributed by atoms with Crippen LogP contribution in [0.4, 0.5) is 0 Å². The van der Waals surface area contributed by atoms with Crippen molar-refractivity contribution in [2.75, 3.05) is 20.2 Å². The van der Waals surface area contributed by atoms with E-state index >= 15 is 0 Å². The second-order valence-corrected chi connectivity index (χ2v) is 7.87. The molecule has 3 heterocycles. The molecule has 1 fully saturated rings. The standard InChI is InChI=1S/C25H28N4O2/c1-31-23-13-3-2-9-19(23)17-29-16-8-10-20(18-29)24(21-11-4-6-14-26-21)28-25(30)22-12-5-7-15-27-22/h2-7,9,11-15,20,24H,8,10,16-18H2,1H3,(H,28,30)/t20-,24-/m1/s1. The number of hydrogen-bond donors (Lipinski definition) is 1. The van der Waals surface area contributed by atoms with E-state index in [2.05, 4.69) is 26.3 Å². The molecule has 0 bridgehead atoms. The Balaban J connectivity index is 1.52. The van der Waals surface area contributed by atoms with Gasteiger partial charge in [0.15, 0.2) is 0 Å². The van der Waals surface area contributed by atoms with Crippen molar-refractivity contribution in [2.45, 2.75) is 25.4 Å². The van der Waals surface area contributed by atoms with Crippen molar-refractivity contribution in [3.63, 3.8) is 0 Å². The highest BCUT2D eigenvalue weighted by atomic mass is 16.5. The molecule has 1 aliphatic rings. The number of carbonyl (C=O) groups is 1. The minimum Gasteiger partial charge on any atom is -0.496 e. The normalized spacial score (nSPS) is 17.6. The Kier molecular flexibility index (Phi) is 6.89. The van der Waals surface area contributed by atoms with Crippen LogP contribution in [0.3, 0.4) is 0 Å². The highest BCUT2D eigenvalue weighted by Gasteiger charge is 2.31. The molecular formula is C25H28N4O2. The SMILES string of the molecule is COc1ccccc1CN1CCC[C@@H]([C@@H](NC(=O)c2ccccn2)c2ccccn2)C1. The first-order valence-corrected chi connectivity index (χ1v) is 10.7. The van der Waals surface area contributed by atoms with Gasteiger partial charge in [-0.3, -0.25) is 19.7 Å². The second-order valence-electron chi connectivity index (χ2n) is 7.87. The van der Waals surface area contributed by atoms with E-state index in [0.29, 0.717) is 5.69 Å². The molecule has 0 saturated carbocycles. The first-order valence-electron chi connectivity index (χ1n) is 10.7. The van der Waals surface area contributed by atoms with E-state index in [9.17, 15) is 4.79 Å². The Morgan fingerprint density at radius 1 is 1.10 bits per heavy atom. The van der Waals surface area contributed by atoms with Crippen molar-refractivity contribution in [2.24, 2.45) is 5.92 Å². The molecule has 0 radical (unpaired) electrons. The first-order chi connectivity index (χ1) is 15.2. The Morgan fingerprint density at radius 2 is 1.87 bits per heavy atom. The topological polar surface area (TPSA) is 67.3 Å². The molecule has 1 N–H and O–H groups in total. The maximum Gasteiger partial charge on any atom is 0.270 e. The van der Waals surface area contributed by atoms with Gasteiger partial charge in [0.25, 0.3) is 5.91 Å². The summed E-state index contributed by atoms with van der Waals surface area (Å²) in [4.78, 5) is 24.1. The van der Waals surface area contributed by atoms with Gasteiger partial charge in [0, 0.05) is 31.0 Å². The molecule has 4 rings (SSSR count). The predicted molar refractivity (Wildman–Crippen MR) is 120 cm³/mol. The number of rotatable bonds is 7. The van der Waals surface area contributed by atoms with Crippen molar-refractivity contribution >= 4 is 5.91 Å². The zero-order chi connectivity index (χ0) is 21.5. The van der Waals surface area contributed by atoms with Crippen molar-refractivity contribution in [1.29, 1.82) is 0 Å². The minimum absolute atomic E-state index is 0.168. The van der Waals surface area contributed by atoms with Gasteiger partial charge in [-0.25, -0.2) is 0 Å². The minimum atomic E-state index is -0.170. The molecule has 1 saturated heterocycles. The van der Waals surface area contributed by atoms with E-state index in [4.69, 9.17) is 4.74 Å². The summed E-state index contributed by atoms with van der Waals surface area (Å²) in [5.41, 5.74) is 2.48. The molecule has 3 aromatic rings. The van der Waals surface area contributed by atoms with Crippen LogP contribution in [0.1, 0.15) is 40.6 Å². The number of hydrogen-bond acceptors (Lipinski definition) is 5. The fourth-order valence-electron chi connectivity index (χ4n) is 4.29. The smallest absolute Gasteiger partial charge is 0.270 e. The van der Waals surface area contributed by atoms with E-state index in [1.54, 1.807) is 25.6 Å². The van der Waals surface area contributed by atoms with Gasteiger partial charge < -0.3 is 10.1 Å². The molecule has 0 spiro atoms. The molecule has 0 unspecified atom stereocenters. The number of carbonyl (C=O) groups excluding carboxylic acids is 1. The van der Waals surface area contributed by atoms with Crippen LogP contribution in [0.25, 0.3) is 0 Å². The molecular weight excluding hydrogens is 388 g/mol. The predicted octanol–water partition coefficient (Wildman–Crippen LogP) is 3.87. The summed E-state index contributed by atoms with van der Waals surface area (Å²) < 4.78 is 5.53. The number of para-hydroxylation sites is 1. The van der Waals surface area contributed by atoms with Gasteiger partial charge in [-0.05, 0) is 55.6 Å². The fourth-order valence-corrected chi connectivity index (χ4v) is 4.29. The molecule has 6 nitrogen and oxygen atoms in total. The Bertz CT molecular complexity index is 981. The van der Waals surface area contributed by atoms with Gasteiger partial charge in [-0.2, -0.15) is 0 Å². The first kappa shape index (κ1) is 21.0. The van der Waals surface area contributed by atoms with Crippen molar-refractivity contribution < 1.29 is 9.53 Å². The van der Waals surface area contributed by atoms with Crippen LogP contribution in [0.5, 0.6) is 5.75 Å². The zero-order valence-electron chi connectivity index (χ0n) is 17.8. The molecule has 0 aliphatic carbocycles. The number of pyridine rings is 2. The highest BCUT2D eigenvalue weighted by Crippen LogP contribution is 2.31. The van der Waals surface area contributed by atoms with Crippen LogP contribution in [0.2, 0.25) is 0 Å². The lowest BCUT2D eigenvalue weighted by atomic mass is 9.88. The number of nitrogens with zero attached hydrogens (tertiary/aromatic N) is 3. The van der Waals surface area contributed by atoms with Gasteiger partial charge in [-0.1, -0.05) is 30.3 Å². The van der Waals surface area contributed by atoms with E-state index in [-0.39, 0.29) is 17.9 Å². The maximum absolute atomic E-state index is 12.9. The van der Waals surface area contributed by atoms with Crippen LogP contribution in [0.15, 0.2) is 73.1 Å². The lowest BCUT2D eigenvalue weighted by Crippen LogP contribution is -2.43. The summed E-state index contributed by atoms with van der Waals surface area (Å²) in [5, 5.41) is 3.21. The van der Waals surface area contributed by atoms with Crippen LogP contribution in [-0.2, 0) is 6.54 Å². The molecule has 2 aromatic heterocycles. The lowest BCUT2D eigenvalue weighted by molar-refractivity contribution is 0.0869. The third kappa shape index (κ3) is 5.27. The molecule has 2 atom stereocenters. The number of amides is 1. The van der Waals surface area contributed by atoms with E-state index in [1.807, 2.05) is 48.5 Å². The van der Waals surface area contributed by atoms with Gasteiger partial charge in [0.1, 0.15) is 11.4 Å². The van der Waals surface area contributed by atoms with E-state index < -0.39 is 0 Å². The van der Waals surface area contributed by atoms with Gasteiger partial charge in [0.05, 0.1) is 18.8 Å². The van der Waals surface area contributed by atoms with Crippen LogP contribution >= 0.6 is 0 Å². The van der Waals surface area contributed by atoms with Crippen LogP contribution in [0, 0.1) is 5.92 Å². The largest absolute Gasteiger partial charge is 0.496 e. The van der Waals surface area contributed by atoms with Gasteiger partial charge in [0.2, 0.25) is 0 Å². The highest BCUT2D eigenvalue weighted by molar-refractivity contribution is 5.92. The zero-order valence-corrected chi connectivity index (χ0v) is 17.8. The quantitative estimate of drug-likeness (QED) is 0.633. The second kappa shape index (κ2) is 10.2. The van der Waals surface area contributed by atoms with Crippen molar-refractivity contribution in [1.82, 2.24) is 20.2 Å². The number of methoxy groups -OCH3 is 1. The average molecular weight is 417 g/mol.